The molecule has 2 rings (SSSR count). The van der Waals surface area contributed by atoms with Crippen LogP contribution < -0.4 is 4.90 Å². The number of morpholine rings is 1. The van der Waals surface area contributed by atoms with Crippen LogP contribution in [0.25, 0.3) is 0 Å². The van der Waals surface area contributed by atoms with Gasteiger partial charge in [0, 0.05) is 4.92 Å². The van der Waals surface area contributed by atoms with Crippen LogP contribution in [0.5, 0.6) is 0 Å². The summed E-state index contributed by atoms with van der Waals surface area (Å²) in [6, 6.07) is -1.09. The van der Waals surface area contributed by atoms with Gasteiger partial charge in [-0.25, -0.2) is 8.42 Å². The first kappa shape index (κ1) is 11.5. The first-order chi connectivity index (χ1) is 7.49. The molecule has 8 heteroatoms. The quantitative estimate of drug-likeness (QED) is 0.443. The van der Waals surface area contributed by atoms with E-state index in [1.807, 2.05) is 0 Å². The van der Waals surface area contributed by atoms with E-state index in [4.69, 9.17) is 4.74 Å². The third kappa shape index (κ3) is 2.23. The smallest absolute Gasteiger partial charge is 0.299 e. The topological polar surface area (TPSA) is 91.0 Å². The summed E-state index contributed by atoms with van der Waals surface area (Å²) in [6.45, 7) is 2.20. The second-order valence-electron chi connectivity index (χ2n) is 3.92. The number of nitrogens with zero attached hydrogens (tertiary/aromatic N) is 1. The van der Waals surface area contributed by atoms with E-state index in [1.54, 1.807) is 0 Å². The number of ether oxygens (including phenoxy) is 1. The summed E-state index contributed by atoms with van der Waals surface area (Å²) in [4.78, 5) is 11.1. The molecule has 0 radical (unpaired) electrons. The number of hydrogen-bond acceptors (Lipinski definition) is 5. The fourth-order valence-corrected chi connectivity index (χ4v) is 3.58. The number of sulfone groups is 1. The molecule has 0 aromatic rings. The van der Waals surface area contributed by atoms with Crippen LogP contribution in [0.4, 0.5) is 0 Å². The average Bonchev–Trinajstić information content (AvgIpc) is 2.56. The van der Waals surface area contributed by atoms with Crippen LogP contribution in [0, 0.1) is 10.1 Å². The lowest BCUT2D eigenvalue weighted by atomic mass is 10.2. The third-order valence-corrected chi connectivity index (χ3v) is 4.21. The minimum atomic E-state index is -3.40. The fraction of sp³-hybridized carbons (Fsp3) is 0.750. The Balaban J connectivity index is 2.25. The summed E-state index contributed by atoms with van der Waals surface area (Å²) in [7, 11) is -3.40. The SMILES string of the molecule is O=[N+]([O-])[C@@H]1CS(=O)(=O)C=C1[NH+]1CCOCC1. The molecule has 7 nitrogen and oxygen atoms in total. The van der Waals surface area contributed by atoms with Crippen LogP contribution in [-0.2, 0) is 14.6 Å². The first-order valence-corrected chi connectivity index (χ1v) is 6.72. The monoisotopic (exact) mass is 249 g/mol. The minimum absolute atomic E-state index is 0.383. The summed E-state index contributed by atoms with van der Waals surface area (Å²) in [6.07, 6.45) is 0. The highest BCUT2D eigenvalue weighted by atomic mass is 32.2. The molecular weight excluding hydrogens is 236 g/mol. The van der Waals surface area contributed by atoms with Gasteiger partial charge in [-0.15, -0.1) is 0 Å². The van der Waals surface area contributed by atoms with Crippen molar-refractivity contribution in [3.63, 3.8) is 0 Å². The van der Waals surface area contributed by atoms with Crippen LogP contribution in [-0.4, -0.2) is 51.4 Å². The van der Waals surface area contributed by atoms with Crippen molar-refractivity contribution < 1.29 is 23.0 Å². The van der Waals surface area contributed by atoms with Crippen molar-refractivity contribution in [2.75, 3.05) is 32.1 Å². The van der Waals surface area contributed by atoms with Crippen molar-refractivity contribution in [2.45, 2.75) is 6.04 Å². The molecule has 0 aromatic heterocycles. The van der Waals surface area contributed by atoms with Crippen molar-refractivity contribution in [2.24, 2.45) is 0 Å². The molecule has 16 heavy (non-hydrogen) atoms. The molecule has 1 saturated heterocycles. The van der Waals surface area contributed by atoms with Crippen molar-refractivity contribution in [1.82, 2.24) is 0 Å². The maximum absolute atomic E-state index is 11.4. The molecular formula is C8H13N2O5S+. The minimum Gasteiger partial charge on any atom is -0.370 e. The molecule has 0 bridgehead atoms. The Hall–Kier alpha value is -0.990. The van der Waals surface area contributed by atoms with E-state index in [2.05, 4.69) is 0 Å². The molecule has 2 heterocycles. The van der Waals surface area contributed by atoms with E-state index in [9.17, 15) is 18.5 Å². The number of nitro groups is 1. The van der Waals surface area contributed by atoms with E-state index in [1.165, 1.54) is 0 Å². The van der Waals surface area contributed by atoms with E-state index in [0.29, 0.717) is 32.0 Å². The van der Waals surface area contributed by atoms with Crippen molar-refractivity contribution in [3.05, 3.63) is 21.2 Å². The summed E-state index contributed by atoms with van der Waals surface area (Å²) in [5.74, 6) is -0.403. The van der Waals surface area contributed by atoms with Gasteiger partial charge in [0.1, 0.15) is 18.8 Å². The Labute approximate surface area is 92.7 Å². The molecule has 2 aliphatic heterocycles. The van der Waals surface area contributed by atoms with Gasteiger partial charge in [0.2, 0.25) is 0 Å². The van der Waals surface area contributed by atoms with Crippen molar-refractivity contribution in [1.29, 1.82) is 0 Å². The van der Waals surface area contributed by atoms with Gasteiger partial charge < -0.3 is 4.74 Å². The Bertz CT molecular complexity index is 424. The highest BCUT2D eigenvalue weighted by molar-refractivity contribution is 7.94. The second-order valence-corrected chi connectivity index (χ2v) is 5.81. The van der Waals surface area contributed by atoms with Crippen LogP contribution in [0.15, 0.2) is 11.1 Å². The molecule has 0 amide bonds. The Morgan fingerprint density at radius 2 is 2.06 bits per heavy atom. The van der Waals surface area contributed by atoms with Crippen LogP contribution in [0.3, 0.4) is 0 Å². The van der Waals surface area contributed by atoms with E-state index >= 15 is 0 Å². The first-order valence-electron chi connectivity index (χ1n) is 5.00. The van der Waals surface area contributed by atoms with Gasteiger partial charge in [-0.1, -0.05) is 0 Å². The summed E-state index contributed by atoms with van der Waals surface area (Å²) < 4.78 is 27.9. The largest absolute Gasteiger partial charge is 0.370 e. The maximum atomic E-state index is 11.4. The Kier molecular flexibility index (Phi) is 2.96. The molecule has 0 unspecified atom stereocenters. The second kappa shape index (κ2) is 4.11. The van der Waals surface area contributed by atoms with E-state index in [0.717, 1.165) is 10.3 Å². The molecule has 0 aromatic carbocycles. The van der Waals surface area contributed by atoms with Gasteiger partial charge in [-0.3, -0.25) is 15.0 Å². The molecule has 0 aliphatic carbocycles. The normalized spacial score (nSPS) is 30.0. The molecule has 0 spiro atoms. The van der Waals surface area contributed by atoms with Crippen LogP contribution in [0.1, 0.15) is 0 Å². The van der Waals surface area contributed by atoms with Gasteiger partial charge in [-0.2, -0.15) is 0 Å². The predicted octanol–water partition coefficient (Wildman–Crippen LogP) is -2.18. The lowest BCUT2D eigenvalue weighted by Crippen LogP contribution is -3.13. The standard InChI is InChI=1S/C8H12N2O5S/c11-10(12)8-6-16(13,14)5-7(8)9-1-3-15-4-2-9/h5,8H,1-4,6H2/p+1/t8-/m1/s1. The van der Waals surface area contributed by atoms with Gasteiger partial charge in [0.15, 0.2) is 15.5 Å². The number of quaternary nitrogens is 1. The summed E-state index contributed by atoms with van der Waals surface area (Å²) in [5, 5.41) is 11.9. The molecule has 1 N–H and O–H groups in total. The predicted molar refractivity (Wildman–Crippen MR) is 54.2 cm³/mol. The number of nitrogens with one attached hydrogen (secondary N) is 1. The molecule has 1 atom stereocenters. The van der Waals surface area contributed by atoms with Gasteiger partial charge in [0.05, 0.1) is 18.6 Å². The number of hydrogen-bond donors (Lipinski definition) is 1. The molecule has 1 fully saturated rings. The summed E-state index contributed by atoms with van der Waals surface area (Å²) in [5.41, 5.74) is 0.383. The van der Waals surface area contributed by atoms with Crippen LogP contribution >= 0.6 is 0 Å². The zero-order chi connectivity index (χ0) is 11.8. The molecule has 0 saturated carbocycles. The van der Waals surface area contributed by atoms with E-state index in [-0.39, 0.29) is 0 Å². The van der Waals surface area contributed by atoms with Gasteiger partial charge in [-0.05, 0) is 0 Å². The maximum Gasteiger partial charge on any atom is 0.299 e. The van der Waals surface area contributed by atoms with Gasteiger partial charge in [0.25, 0.3) is 6.04 Å². The average molecular weight is 249 g/mol. The number of rotatable bonds is 2. The highest BCUT2D eigenvalue weighted by Crippen LogP contribution is 2.15. The van der Waals surface area contributed by atoms with E-state index < -0.39 is 26.6 Å². The van der Waals surface area contributed by atoms with Crippen molar-refractivity contribution in [3.8, 4) is 0 Å². The Morgan fingerprint density at radius 3 is 2.62 bits per heavy atom. The lowest BCUT2D eigenvalue weighted by Gasteiger charge is -2.24. The highest BCUT2D eigenvalue weighted by Gasteiger charge is 2.45. The fourth-order valence-electron chi connectivity index (χ4n) is 2.03. The van der Waals surface area contributed by atoms with Gasteiger partial charge >= 0.3 is 0 Å². The zero-order valence-corrected chi connectivity index (χ0v) is 9.40. The Morgan fingerprint density at radius 1 is 1.44 bits per heavy atom. The zero-order valence-electron chi connectivity index (χ0n) is 8.59. The molecule has 2 aliphatic rings. The van der Waals surface area contributed by atoms with Crippen LogP contribution in [0.2, 0.25) is 0 Å². The van der Waals surface area contributed by atoms with Crippen molar-refractivity contribution >= 4 is 9.84 Å². The lowest BCUT2D eigenvalue weighted by molar-refractivity contribution is -0.878. The summed E-state index contributed by atoms with van der Waals surface area (Å²) >= 11 is 0. The molecule has 90 valence electrons. The third-order valence-electron chi connectivity index (χ3n) is 2.81.